The van der Waals surface area contributed by atoms with Crippen molar-refractivity contribution < 1.29 is 9.53 Å². The SMILES string of the molecule is COC(=O)c1ccc(NC2CCNC(C)(C)C2)cc1. The molecule has 1 unspecified atom stereocenters. The van der Waals surface area contributed by atoms with E-state index in [0.29, 0.717) is 11.6 Å². The van der Waals surface area contributed by atoms with Gasteiger partial charge in [0, 0.05) is 17.3 Å². The number of esters is 1. The van der Waals surface area contributed by atoms with Gasteiger partial charge in [-0.3, -0.25) is 0 Å². The van der Waals surface area contributed by atoms with Crippen LogP contribution in [0.2, 0.25) is 0 Å². The summed E-state index contributed by atoms with van der Waals surface area (Å²) in [5.74, 6) is -0.297. The molecule has 1 aliphatic rings. The molecule has 0 radical (unpaired) electrons. The average molecular weight is 262 g/mol. The molecule has 1 fully saturated rings. The van der Waals surface area contributed by atoms with Gasteiger partial charge >= 0.3 is 5.97 Å². The van der Waals surface area contributed by atoms with Crippen molar-refractivity contribution in [3.63, 3.8) is 0 Å². The van der Waals surface area contributed by atoms with Gasteiger partial charge in [-0.2, -0.15) is 0 Å². The van der Waals surface area contributed by atoms with Gasteiger partial charge in [0.15, 0.2) is 0 Å². The lowest BCUT2D eigenvalue weighted by atomic mass is 9.89. The fraction of sp³-hybridized carbons (Fsp3) is 0.533. The second-order valence-electron chi connectivity index (χ2n) is 5.71. The maximum absolute atomic E-state index is 11.3. The van der Waals surface area contributed by atoms with Gasteiger partial charge in [-0.05, 0) is 57.5 Å². The Morgan fingerprint density at radius 3 is 2.63 bits per heavy atom. The predicted octanol–water partition coefficient (Wildman–Crippen LogP) is 2.42. The van der Waals surface area contributed by atoms with Crippen LogP contribution < -0.4 is 10.6 Å². The number of hydrogen-bond acceptors (Lipinski definition) is 4. The molecule has 0 aromatic heterocycles. The molecule has 0 aliphatic carbocycles. The molecule has 0 spiro atoms. The van der Waals surface area contributed by atoms with E-state index in [0.717, 1.165) is 25.1 Å². The van der Waals surface area contributed by atoms with Crippen LogP contribution in [-0.2, 0) is 4.74 Å². The number of ether oxygens (including phenoxy) is 1. The number of carbonyl (C=O) groups excluding carboxylic acids is 1. The normalized spacial score (nSPS) is 21.7. The first-order valence-corrected chi connectivity index (χ1v) is 6.70. The van der Waals surface area contributed by atoms with Crippen LogP contribution in [0.1, 0.15) is 37.0 Å². The minimum atomic E-state index is -0.297. The number of carbonyl (C=O) groups is 1. The highest BCUT2D eigenvalue weighted by Crippen LogP contribution is 2.22. The summed E-state index contributed by atoms with van der Waals surface area (Å²) in [6, 6.07) is 7.92. The average Bonchev–Trinajstić information content (AvgIpc) is 2.37. The molecular weight excluding hydrogens is 240 g/mol. The molecule has 2 rings (SSSR count). The van der Waals surface area contributed by atoms with Crippen molar-refractivity contribution in [3.8, 4) is 0 Å². The summed E-state index contributed by atoms with van der Waals surface area (Å²) < 4.78 is 4.69. The van der Waals surface area contributed by atoms with E-state index < -0.39 is 0 Å². The van der Waals surface area contributed by atoms with Gasteiger partial charge in [-0.15, -0.1) is 0 Å². The van der Waals surface area contributed by atoms with Gasteiger partial charge in [0.25, 0.3) is 0 Å². The maximum atomic E-state index is 11.3. The number of piperidine rings is 1. The van der Waals surface area contributed by atoms with Crippen molar-refractivity contribution in [1.29, 1.82) is 0 Å². The van der Waals surface area contributed by atoms with Crippen LogP contribution in [-0.4, -0.2) is 31.2 Å². The molecule has 1 atom stereocenters. The summed E-state index contributed by atoms with van der Waals surface area (Å²) in [6.45, 7) is 5.48. The third-order valence-electron chi connectivity index (χ3n) is 3.53. The molecule has 1 aromatic rings. The van der Waals surface area contributed by atoms with Crippen LogP contribution in [0.5, 0.6) is 0 Å². The summed E-state index contributed by atoms with van der Waals surface area (Å²) >= 11 is 0. The summed E-state index contributed by atoms with van der Waals surface area (Å²) in [6.07, 6.45) is 2.20. The number of methoxy groups -OCH3 is 1. The maximum Gasteiger partial charge on any atom is 0.337 e. The highest BCUT2D eigenvalue weighted by atomic mass is 16.5. The molecule has 1 saturated heterocycles. The van der Waals surface area contributed by atoms with E-state index in [4.69, 9.17) is 0 Å². The number of benzene rings is 1. The van der Waals surface area contributed by atoms with Crippen molar-refractivity contribution in [2.45, 2.75) is 38.3 Å². The zero-order valence-electron chi connectivity index (χ0n) is 11.8. The summed E-state index contributed by atoms with van der Waals surface area (Å²) in [7, 11) is 1.39. The first kappa shape index (κ1) is 13.9. The topological polar surface area (TPSA) is 50.4 Å². The molecule has 4 heteroatoms. The van der Waals surface area contributed by atoms with Crippen molar-refractivity contribution in [3.05, 3.63) is 29.8 Å². The Bertz CT molecular complexity index is 440. The Morgan fingerprint density at radius 1 is 1.37 bits per heavy atom. The molecule has 1 heterocycles. The highest BCUT2D eigenvalue weighted by molar-refractivity contribution is 5.89. The van der Waals surface area contributed by atoms with E-state index in [1.54, 1.807) is 12.1 Å². The lowest BCUT2D eigenvalue weighted by Crippen LogP contribution is -2.49. The third kappa shape index (κ3) is 3.70. The lowest BCUT2D eigenvalue weighted by Gasteiger charge is -2.37. The van der Waals surface area contributed by atoms with E-state index in [2.05, 4.69) is 29.2 Å². The number of anilines is 1. The first-order valence-electron chi connectivity index (χ1n) is 6.70. The number of hydrogen-bond donors (Lipinski definition) is 2. The number of rotatable bonds is 3. The minimum absolute atomic E-state index is 0.182. The fourth-order valence-electron chi connectivity index (χ4n) is 2.55. The summed E-state index contributed by atoms with van der Waals surface area (Å²) in [4.78, 5) is 11.3. The van der Waals surface area contributed by atoms with Crippen molar-refractivity contribution in [2.75, 3.05) is 19.0 Å². The molecular formula is C15H22N2O2. The minimum Gasteiger partial charge on any atom is -0.465 e. The van der Waals surface area contributed by atoms with Crippen LogP contribution in [0.3, 0.4) is 0 Å². The highest BCUT2D eigenvalue weighted by Gasteiger charge is 2.27. The Labute approximate surface area is 114 Å². The summed E-state index contributed by atoms with van der Waals surface area (Å²) in [5, 5.41) is 7.03. The third-order valence-corrected chi connectivity index (χ3v) is 3.53. The van der Waals surface area contributed by atoms with Gasteiger partial charge in [-0.25, -0.2) is 4.79 Å². The van der Waals surface area contributed by atoms with Gasteiger partial charge in [0.1, 0.15) is 0 Å². The Balaban J connectivity index is 1.98. The van der Waals surface area contributed by atoms with Crippen molar-refractivity contribution in [2.24, 2.45) is 0 Å². The van der Waals surface area contributed by atoms with Crippen LogP contribution in [0.15, 0.2) is 24.3 Å². The number of nitrogens with one attached hydrogen (secondary N) is 2. The fourth-order valence-corrected chi connectivity index (χ4v) is 2.55. The molecule has 4 nitrogen and oxygen atoms in total. The second-order valence-corrected chi connectivity index (χ2v) is 5.71. The smallest absolute Gasteiger partial charge is 0.337 e. The van der Waals surface area contributed by atoms with Crippen LogP contribution >= 0.6 is 0 Å². The van der Waals surface area contributed by atoms with Crippen LogP contribution in [0.25, 0.3) is 0 Å². The Hall–Kier alpha value is -1.55. The van der Waals surface area contributed by atoms with Gasteiger partial charge in [0.2, 0.25) is 0 Å². The zero-order chi connectivity index (χ0) is 13.9. The molecule has 0 bridgehead atoms. The second kappa shape index (κ2) is 5.61. The van der Waals surface area contributed by atoms with Gasteiger partial charge in [-0.1, -0.05) is 0 Å². The van der Waals surface area contributed by atoms with Crippen molar-refractivity contribution in [1.82, 2.24) is 5.32 Å². The summed E-state index contributed by atoms with van der Waals surface area (Å²) in [5.41, 5.74) is 1.82. The standard InChI is InChI=1S/C15H22N2O2/c1-15(2)10-13(8-9-16-15)17-12-6-4-11(5-7-12)14(18)19-3/h4-7,13,16-17H,8-10H2,1-3H3. The molecule has 0 saturated carbocycles. The quantitative estimate of drug-likeness (QED) is 0.821. The van der Waals surface area contributed by atoms with Crippen LogP contribution in [0.4, 0.5) is 5.69 Å². The largest absolute Gasteiger partial charge is 0.465 e. The van der Waals surface area contributed by atoms with Gasteiger partial charge < -0.3 is 15.4 Å². The molecule has 0 amide bonds. The zero-order valence-corrected chi connectivity index (χ0v) is 11.8. The van der Waals surface area contributed by atoms with E-state index in [1.165, 1.54) is 7.11 Å². The molecule has 19 heavy (non-hydrogen) atoms. The molecule has 1 aliphatic heterocycles. The van der Waals surface area contributed by atoms with Crippen LogP contribution in [0, 0.1) is 0 Å². The van der Waals surface area contributed by atoms with E-state index in [9.17, 15) is 4.79 Å². The Kier molecular flexibility index (Phi) is 4.10. The monoisotopic (exact) mass is 262 g/mol. The molecule has 104 valence electrons. The molecule has 2 N–H and O–H groups in total. The predicted molar refractivity (Wildman–Crippen MR) is 76.5 cm³/mol. The first-order chi connectivity index (χ1) is 9.00. The van der Waals surface area contributed by atoms with E-state index in [1.807, 2.05) is 12.1 Å². The molecule has 1 aromatic carbocycles. The van der Waals surface area contributed by atoms with E-state index >= 15 is 0 Å². The van der Waals surface area contributed by atoms with Crippen molar-refractivity contribution >= 4 is 11.7 Å². The Morgan fingerprint density at radius 2 is 2.05 bits per heavy atom. The van der Waals surface area contributed by atoms with Gasteiger partial charge in [0.05, 0.1) is 12.7 Å². The lowest BCUT2D eigenvalue weighted by molar-refractivity contribution is 0.0601. The van der Waals surface area contributed by atoms with E-state index in [-0.39, 0.29) is 11.5 Å².